The van der Waals surface area contributed by atoms with Crippen LogP contribution in [0.3, 0.4) is 0 Å². The van der Waals surface area contributed by atoms with E-state index in [2.05, 4.69) is 32.4 Å². The molecule has 0 bridgehead atoms. The van der Waals surface area contributed by atoms with Gasteiger partial charge >= 0.3 is 0 Å². The molecule has 1 N–H and O–H groups in total. The molecule has 0 radical (unpaired) electrons. The highest BCUT2D eigenvalue weighted by Crippen LogP contribution is 2.33. The summed E-state index contributed by atoms with van der Waals surface area (Å²) in [7, 11) is 0. The minimum absolute atomic E-state index is 0.234. The van der Waals surface area contributed by atoms with Gasteiger partial charge in [-0.25, -0.2) is 18.7 Å². The molecule has 0 aliphatic heterocycles. The molecule has 0 atom stereocenters. The lowest BCUT2D eigenvalue weighted by Crippen LogP contribution is -2.24. The average molecular weight is 338 g/mol. The van der Waals surface area contributed by atoms with Gasteiger partial charge in [-0.2, -0.15) is 0 Å². The minimum atomic E-state index is -2.80. The van der Waals surface area contributed by atoms with Crippen LogP contribution >= 0.6 is 0 Å². The number of hydrogen-bond donors (Lipinski definition) is 1. The summed E-state index contributed by atoms with van der Waals surface area (Å²) < 4.78 is 25.9. The van der Waals surface area contributed by atoms with Gasteiger partial charge in [0.05, 0.1) is 17.8 Å². The summed E-state index contributed by atoms with van der Waals surface area (Å²) in [5.74, 6) is -2.57. The summed E-state index contributed by atoms with van der Waals surface area (Å²) in [6.07, 6.45) is 6.23. The van der Waals surface area contributed by atoms with Crippen molar-refractivity contribution in [2.45, 2.75) is 19.3 Å². The van der Waals surface area contributed by atoms with Gasteiger partial charge in [-0.3, -0.25) is 4.98 Å². The number of benzene rings is 1. The van der Waals surface area contributed by atoms with Crippen molar-refractivity contribution in [2.24, 2.45) is 0 Å². The summed E-state index contributed by atoms with van der Waals surface area (Å²) in [5.41, 5.74) is 4.87. The zero-order valence-corrected chi connectivity index (χ0v) is 13.6. The maximum absolute atomic E-state index is 13.0. The predicted octanol–water partition coefficient (Wildman–Crippen LogP) is 4.08. The van der Waals surface area contributed by atoms with E-state index in [1.54, 1.807) is 12.4 Å². The Morgan fingerprint density at radius 1 is 1.20 bits per heavy atom. The topological polar surface area (TPSA) is 50.7 Å². The van der Waals surface area contributed by atoms with E-state index in [4.69, 9.17) is 0 Å². The van der Waals surface area contributed by atoms with Gasteiger partial charge in [0, 0.05) is 36.7 Å². The van der Waals surface area contributed by atoms with Gasteiger partial charge in [0.25, 0.3) is 5.92 Å². The molecule has 25 heavy (non-hydrogen) atoms. The first-order chi connectivity index (χ1) is 12.0. The highest BCUT2D eigenvalue weighted by atomic mass is 19.3. The van der Waals surface area contributed by atoms with Crippen LogP contribution in [0.2, 0.25) is 0 Å². The molecule has 4 rings (SSSR count). The van der Waals surface area contributed by atoms with Crippen LogP contribution in [0.15, 0.2) is 48.8 Å². The van der Waals surface area contributed by atoms with Crippen LogP contribution in [-0.2, 0) is 6.42 Å². The Balaban J connectivity index is 1.62. The summed E-state index contributed by atoms with van der Waals surface area (Å²) in [4.78, 5) is 12.9. The lowest BCUT2D eigenvalue weighted by Gasteiger charge is -2.12. The first-order valence-electron chi connectivity index (χ1n) is 8.03. The standard InChI is InChI=1S/C19H16F2N4/c1-19(20,21)11-24-18-23-10-15-14(5-7-17(15)25-18)12-4-6-16-13(9-12)3-2-8-22-16/h2-6,8-10H,7,11H2,1H3,(H,23,24,25). The Kier molecular flexibility index (Phi) is 3.67. The summed E-state index contributed by atoms with van der Waals surface area (Å²) in [6, 6.07) is 10.0. The molecule has 1 aliphatic carbocycles. The fraction of sp³-hybridized carbons (Fsp3) is 0.211. The summed E-state index contributed by atoms with van der Waals surface area (Å²) in [5, 5.41) is 3.66. The van der Waals surface area contributed by atoms with Gasteiger partial charge in [-0.05, 0) is 29.3 Å². The molecule has 0 spiro atoms. The molecular weight excluding hydrogens is 322 g/mol. The number of anilines is 1. The Hall–Kier alpha value is -2.89. The number of aromatic nitrogens is 3. The molecule has 0 saturated carbocycles. The van der Waals surface area contributed by atoms with E-state index in [0.29, 0.717) is 6.42 Å². The van der Waals surface area contributed by atoms with Gasteiger partial charge in [0.2, 0.25) is 5.95 Å². The number of nitrogens with one attached hydrogen (secondary N) is 1. The third-order valence-electron chi connectivity index (χ3n) is 4.13. The molecule has 0 saturated heterocycles. The van der Waals surface area contributed by atoms with Crippen LogP contribution in [0.1, 0.15) is 23.7 Å². The van der Waals surface area contributed by atoms with Crippen molar-refractivity contribution in [3.05, 3.63) is 65.6 Å². The van der Waals surface area contributed by atoms with Crippen LogP contribution in [-0.4, -0.2) is 27.4 Å². The van der Waals surface area contributed by atoms with Crippen molar-refractivity contribution in [2.75, 3.05) is 11.9 Å². The number of alkyl halides is 2. The van der Waals surface area contributed by atoms with Gasteiger partial charge in [-0.1, -0.05) is 18.2 Å². The maximum atomic E-state index is 13.0. The van der Waals surface area contributed by atoms with Gasteiger partial charge in [-0.15, -0.1) is 0 Å². The lowest BCUT2D eigenvalue weighted by molar-refractivity contribution is 0.0366. The third kappa shape index (κ3) is 3.20. The number of halogens is 2. The number of fused-ring (bicyclic) bond motifs is 2. The fourth-order valence-corrected chi connectivity index (χ4v) is 2.94. The molecule has 6 heteroatoms. The van der Waals surface area contributed by atoms with Gasteiger partial charge in [0.15, 0.2) is 0 Å². The zero-order chi connectivity index (χ0) is 17.4. The van der Waals surface area contributed by atoms with Crippen LogP contribution < -0.4 is 5.32 Å². The number of nitrogens with zero attached hydrogens (tertiary/aromatic N) is 3. The van der Waals surface area contributed by atoms with Crippen molar-refractivity contribution in [3.8, 4) is 0 Å². The van der Waals surface area contributed by atoms with Crippen LogP contribution in [0.4, 0.5) is 14.7 Å². The van der Waals surface area contributed by atoms with Crippen molar-refractivity contribution < 1.29 is 8.78 Å². The smallest absolute Gasteiger partial charge is 0.262 e. The average Bonchev–Trinajstić information content (AvgIpc) is 3.02. The summed E-state index contributed by atoms with van der Waals surface area (Å²) in [6.45, 7) is 0.380. The van der Waals surface area contributed by atoms with Crippen LogP contribution in [0.5, 0.6) is 0 Å². The molecule has 4 nitrogen and oxygen atoms in total. The van der Waals surface area contributed by atoms with Crippen LogP contribution in [0.25, 0.3) is 16.5 Å². The highest BCUT2D eigenvalue weighted by Gasteiger charge is 2.22. The van der Waals surface area contributed by atoms with Crippen LogP contribution in [0, 0.1) is 0 Å². The molecule has 0 unspecified atom stereocenters. The largest absolute Gasteiger partial charge is 0.348 e. The Morgan fingerprint density at radius 3 is 2.92 bits per heavy atom. The van der Waals surface area contributed by atoms with E-state index in [1.807, 2.05) is 24.3 Å². The molecule has 3 aromatic rings. The second-order valence-electron chi connectivity index (χ2n) is 6.21. The molecular formula is C19H16F2N4. The van der Waals surface area contributed by atoms with E-state index < -0.39 is 12.5 Å². The van der Waals surface area contributed by atoms with E-state index in [-0.39, 0.29) is 5.95 Å². The van der Waals surface area contributed by atoms with Crippen molar-refractivity contribution in [1.82, 2.24) is 15.0 Å². The second-order valence-corrected chi connectivity index (χ2v) is 6.21. The van der Waals surface area contributed by atoms with Crippen molar-refractivity contribution >= 4 is 22.4 Å². The van der Waals surface area contributed by atoms with E-state index in [9.17, 15) is 8.78 Å². The Bertz CT molecular complexity index is 977. The quantitative estimate of drug-likeness (QED) is 0.779. The second kappa shape index (κ2) is 5.88. The number of allylic oxidation sites excluding steroid dienone is 1. The monoisotopic (exact) mass is 338 g/mol. The first kappa shape index (κ1) is 15.6. The van der Waals surface area contributed by atoms with Gasteiger partial charge in [0.1, 0.15) is 0 Å². The minimum Gasteiger partial charge on any atom is -0.348 e. The summed E-state index contributed by atoms with van der Waals surface area (Å²) >= 11 is 0. The number of rotatable bonds is 4. The molecule has 0 fully saturated rings. The first-order valence-corrected chi connectivity index (χ1v) is 8.03. The predicted molar refractivity (Wildman–Crippen MR) is 93.7 cm³/mol. The van der Waals surface area contributed by atoms with Crippen molar-refractivity contribution in [3.63, 3.8) is 0 Å². The molecule has 1 aromatic carbocycles. The van der Waals surface area contributed by atoms with E-state index in [1.165, 1.54) is 0 Å². The third-order valence-corrected chi connectivity index (χ3v) is 4.13. The highest BCUT2D eigenvalue weighted by molar-refractivity contribution is 5.89. The molecule has 2 aromatic heterocycles. The molecule has 2 heterocycles. The zero-order valence-electron chi connectivity index (χ0n) is 13.6. The SMILES string of the molecule is CC(F)(F)CNc1ncc2c(n1)CC=C2c1ccc2ncccc2c1. The molecule has 126 valence electrons. The van der Waals surface area contributed by atoms with E-state index in [0.717, 1.165) is 40.2 Å². The van der Waals surface area contributed by atoms with E-state index >= 15 is 0 Å². The number of pyridine rings is 1. The Morgan fingerprint density at radius 2 is 2.08 bits per heavy atom. The van der Waals surface area contributed by atoms with Gasteiger partial charge < -0.3 is 5.32 Å². The lowest BCUT2D eigenvalue weighted by atomic mass is 10.0. The maximum Gasteiger partial charge on any atom is 0.262 e. The Labute approximate surface area is 143 Å². The van der Waals surface area contributed by atoms with Crippen molar-refractivity contribution in [1.29, 1.82) is 0 Å². The molecule has 1 aliphatic rings. The fourth-order valence-electron chi connectivity index (χ4n) is 2.94. The molecule has 0 amide bonds. The normalized spacial score (nSPS) is 13.6. The number of hydrogen-bond acceptors (Lipinski definition) is 4.